The van der Waals surface area contributed by atoms with Crippen LogP contribution in [0.3, 0.4) is 0 Å². The summed E-state index contributed by atoms with van der Waals surface area (Å²) >= 11 is 0. The first kappa shape index (κ1) is 12.6. The normalized spacial score (nSPS) is 11.8. The second-order valence-electron chi connectivity index (χ2n) is 5.78. The highest BCUT2D eigenvalue weighted by molar-refractivity contribution is 5.83. The number of fused-ring (bicyclic) bond motifs is 1. The van der Waals surface area contributed by atoms with Gasteiger partial charge in [0.25, 0.3) is 0 Å². The van der Waals surface area contributed by atoms with Gasteiger partial charge < -0.3 is 4.90 Å². The Kier molecular flexibility index (Phi) is 3.11. The Morgan fingerprint density at radius 1 is 1.39 bits per heavy atom. The SMILES string of the molecule is CN(CC(C)(C)C)c1nc2ccccn2c1C=O. The molecule has 0 spiro atoms. The highest BCUT2D eigenvalue weighted by Gasteiger charge is 2.19. The van der Waals surface area contributed by atoms with Crippen molar-refractivity contribution in [1.29, 1.82) is 0 Å². The third-order valence-corrected chi connectivity index (χ3v) is 2.73. The Labute approximate surface area is 107 Å². The van der Waals surface area contributed by atoms with Gasteiger partial charge in [-0.15, -0.1) is 0 Å². The van der Waals surface area contributed by atoms with Gasteiger partial charge in [0.2, 0.25) is 0 Å². The van der Waals surface area contributed by atoms with E-state index in [1.807, 2.05) is 40.7 Å². The second-order valence-corrected chi connectivity index (χ2v) is 5.78. The zero-order valence-corrected chi connectivity index (χ0v) is 11.3. The van der Waals surface area contributed by atoms with Gasteiger partial charge in [-0.3, -0.25) is 9.20 Å². The van der Waals surface area contributed by atoms with E-state index in [2.05, 4.69) is 25.8 Å². The number of imidazole rings is 1. The highest BCUT2D eigenvalue weighted by atomic mass is 16.1. The number of carbonyl (C=O) groups excluding carboxylic acids is 1. The molecular weight excluding hydrogens is 226 g/mol. The van der Waals surface area contributed by atoms with Crippen molar-refractivity contribution >= 4 is 17.8 Å². The second kappa shape index (κ2) is 4.44. The monoisotopic (exact) mass is 245 g/mol. The number of carbonyl (C=O) groups is 1. The van der Waals surface area contributed by atoms with Crippen LogP contribution in [0.15, 0.2) is 24.4 Å². The van der Waals surface area contributed by atoms with Crippen molar-refractivity contribution in [3.05, 3.63) is 30.1 Å². The lowest BCUT2D eigenvalue weighted by atomic mass is 9.96. The van der Waals surface area contributed by atoms with Gasteiger partial charge in [-0.05, 0) is 17.5 Å². The molecule has 0 amide bonds. The molecular formula is C14H19N3O. The first-order valence-electron chi connectivity index (χ1n) is 6.06. The summed E-state index contributed by atoms with van der Waals surface area (Å²) in [7, 11) is 1.97. The average molecular weight is 245 g/mol. The zero-order valence-electron chi connectivity index (χ0n) is 11.3. The molecule has 4 nitrogen and oxygen atoms in total. The van der Waals surface area contributed by atoms with Crippen LogP contribution in [-0.4, -0.2) is 29.3 Å². The summed E-state index contributed by atoms with van der Waals surface area (Å²) in [6.07, 6.45) is 2.73. The lowest BCUT2D eigenvalue weighted by molar-refractivity contribution is 0.111. The molecule has 0 radical (unpaired) electrons. The number of hydrogen-bond donors (Lipinski definition) is 0. The van der Waals surface area contributed by atoms with E-state index >= 15 is 0 Å². The van der Waals surface area contributed by atoms with E-state index in [0.29, 0.717) is 5.69 Å². The molecule has 0 fully saturated rings. The molecule has 2 heterocycles. The number of hydrogen-bond acceptors (Lipinski definition) is 3. The minimum Gasteiger partial charge on any atom is -0.357 e. The van der Waals surface area contributed by atoms with Crippen LogP contribution in [0.5, 0.6) is 0 Å². The predicted molar refractivity (Wildman–Crippen MR) is 73.3 cm³/mol. The lowest BCUT2D eigenvalue weighted by Crippen LogP contribution is -2.30. The molecule has 2 aromatic heterocycles. The Morgan fingerprint density at radius 3 is 2.72 bits per heavy atom. The zero-order chi connectivity index (χ0) is 13.3. The van der Waals surface area contributed by atoms with Crippen LogP contribution >= 0.6 is 0 Å². The molecule has 18 heavy (non-hydrogen) atoms. The molecule has 0 atom stereocenters. The van der Waals surface area contributed by atoms with Crippen molar-refractivity contribution in [2.45, 2.75) is 20.8 Å². The summed E-state index contributed by atoms with van der Waals surface area (Å²) in [6.45, 7) is 7.34. The quantitative estimate of drug-likeness (QED) is 0.780. The summed E-state index contributed by atoms with van der Waals surface area (Å²) in [5.41, 5.74) is 1.57. The predicted octanol–water partition coefficient (Wildman–Crippen LogP) is 2.63. The Bertz CT molecular complexity index is 566. The van der Waals surface area contributed by atoms with Crippen LogP contribution < -0.4 is 4.90 Å². The van der Waals surface area contributed by atoms with Gasteiger partial charge in [-0.1, -0.05) is 26.8 Å². The van der Waals surface area contributed by atoms with Crippen molar-refractivity contribution in [1.82, 2.24) is 9.38 Å². The van der Waals surface area contributed by atoms with Crippen molar-refractivity contribution in [2.24, 2.45) is 5.41 Å². The minimum atomic E-state index is 0.157. The molecule has 0 aromatic carbocycles. The number of aldehydes is 1. The highest BCUT2D eigenvalue weighted by Crippen LogP contribution is 2.23. The summed E-state index contributed by atoms with van der Waals surface area (Å²) in [4.78, 5) is 17.8. The molecule has 2 aromatic rings. The molecule has 2 rings (SSSR count). The van der Waals surface area contributed by atoms with E-state index < -0.39 is 0 Å². The van der Waals surface area contributed by atoms with E-state index in [9.17, 15) is 4.79 Å². The van der Waals surface area contributed by atoms with Gasteiger partial charge in [-0.2, -0.15) is 0 Å². The van der Waals surface area contributed by atoms with Gasteiger partial charge >= 0.3 is 0 Å². The van der Waals surface area contributed by atoms with Gasteiger partial charge in [-0.25, -0.2) is 4.98 Å². The molecule has 0 saturated carbocycles. The topological polar surface area (TPSA) is 37.6 Å². The van der Waals surface area contributed by atoms with Crippen LogP contribution in [0.1, 0.15) is 31.3 Å². The number of pyridine rings is 1. The summed E-state index contributed by atoms with van der Waals surface area (Å²) < 4.78 is 1.82. The molecule has 4 heteroatoms. The van der Waals surface area contributed by atoms with Gasteiger partial charge in [0.1, 0.15) is 11.3 Å². The smallest absolute Gasteiger partial charge is 0.170 e. The largest absolute Gasteiger partial charge is 0.357 e. The number of anilines is 1. The number of aromatic nitrogens is 2. The maximum Gasteiger partial charge on any atom is 0.170 e. The molecule has 0 saturated heterocycles. The van der Waals surface area contributed by atoms with E-state index in [-0.39, 0.29) is 5.41 Å². The molecule has 0 unspecified atom stereocenters. The Morgan fingerprint density at radius 2 is 2.11 bits per heavy atom. The molecule has 0 N–H and O–H groups in total. The van der Waals surface area contributed by atoms with Crippen molar-refractivity contribution in [3.63, 3.8) is 0 Å². The van der Waals surface area contributed by atoms with Crippen molar-refractivity contribution < 1.29 is 4.79 Å². The standard InChI is InChI=1S/C14H19N3O/c1-14(2,3)10-16(4)13-11(9-18)17-8-6-5-7-12(17)15-13/h5-9H,10H2,1-4H3. The lowest BCUT2D eigenvalue weighted by Gasteiger charge is -2.26. The van der Waals surface area contributed by atoms with E-state index in [4.69, 9.17) is 0 Å². The maximum atomic E-state index is 11.3. The molecule has 0 aliphatic rings. The van der Waals surface area contributed by atoms with Crippen LogP contribution in [0, 0.1) is 5.41 Å². The fourth-order valence-electron chi connectivity index (χ4n) is 2.18. The first-order chi connectivity index (χ1) is 8.42. The fraction of sp³-hybridized carbons (Fsp3) is 0.429. The summed E-state index contributed by atoms with van der Waals surface area (Å²) in [5, 5.41) is 0. The number of nitrogens with zero attached hydrogens (tertiary/aromatic N) is 3. The molecule has 96 valence electrons. The third kappa shape index (κ3) is 2.37. The molecule has 0 aliphatic heterocycles. The van der Waals surface area contributed by atoms with Crippen LogP contribution in [0.25, 0.3) is 5.65 Å². The first-order valence-corrected chi connectivity index (χ1v) is 6.06. The van der Waals surface area contributed by atoms with Crippen LogP contribution in [0.2, 0.25) is 0 Å². The minimum absolute atomic E-state index is 0.157. The van der Waals surface area contributed by atoms with Gasteiger partial charge in [0.15, 0.2) is 12.1 Å². The van der Waals surface area contributed by atoms with E-state index in [1.165, 1.54) is 0 Å². The van der Waals surface area contributed by atoms with E-state index in [1.54, 1.807) is 0 Å². The Hall–Kier alpha value is -1.84. The van der Waals surface area contributed by atoms with Crippen LogP contribution in [-0.2, 0) is 0 Å². The fourth-order valence-corrected chi connectivity index (χ4v) is 2.18. The van der Waals surface area contributed by atoms with Crippen LogP contribution in [0.4, 0.5) is 5.82 Å². The summed E-state index contributed by atoms with van der Waals surface area (Å²) in [5.74, 6) is 0.742. The third-order valence-electron chi connectivity index (χ3n) is 2.73. The Balaban J connectivity index is 2.47. The van der Waals surface area contributed by atoms with Gasteiger partial charge in [0, 0.05) is 19.8 Å². The molecule has 0 bridgehead atoms. The van der Waals surface area contributed by atoms with Crippen molar-refractivity contribution in [3.8, 4) is 0 Å². The van der Waals surface area contributed by atoms with Gasteiger partial charge in [0.05, 0.1) is 0 Å². The molecule has 0 aliphatic carbocycles. The average Bonchev–Trinajstić information content (AvgIpc) is 2.65. The summed E-state index contributed by atoms with van der Waals surface area (Å²) in [6, 6.07) is 5.72. The van der Waals surface area contributed by atoms with E-state index in [0.717, 1.165) is 24.3 Å². The number of rotatable bonds is 3. The maximum absolute atomic E-state index is 11.3. The van der Waals surface area contributed by atoms with Crippen molar-refractivity contribution in [2.75, 3.05) is 18.5 Å².